The molecule has 3 heteroatoms. The van der Waals surface area contributed by atoms with Gasteiger partial charge in [0, 0.05) is 0 Å². The van der Waals surface area contributed by atoms with Gasteiger partial charge < -0.3 is 10.2 Å². The summed E-state index contributed by atoms with van der Waals surface area (Å²) >= 11 is 0. The predicted molar refractivity (Wildman–Crippen MR) is 118 cm³/mol. The van der Waals surface area contributed by atoms with Gasteiger partial charge in [-0.15, -0.1) is 0 Å². The van der Waals surface area contributed by atoms with E-state index in [0.717, 1.165) is 24.8 Å². The Labute approximate surface area is 172 Å². The van der Waals surface area contributed by atoms with Crippen molar-refractivity contribution < 1.29 is 15.0 Å². The lowest BCUT2D eigenvalue weighted by Gasteiger charge is -2.06. The summed E-state index contributed by atoms with van der Waals surface area (Å²) in [7, 11) is 0. The largest absolute Gasteiger partial charge is 0.508 e. The molecule has 0 aromatic heterocycles. The molecule has 0 aliphatic heterocycles. The third-order valence-corrected chi connectivity index (χ3v) is 5.63. The first-order valence-corrected chi connectivity index (χ1v) is 11.7. The molecule has 0 spiro atoms. The van der Waals surface area contributed by atoms with E-state index in [0.29, 0.717) is 0 Å². The zero-order valence-corrected chi connectivity index (χ0v) is 18.1. The molecule has 0 radical (unpaired) electrons. The lowest BCUT2D eigenvalue weighted by molar-refractivity contribution is 0.0696. The minimum absolute atomic E-state index is 0.214. The standard InChI is InChI=1S/C25H42O3/c1-2-3-4-5-6-7-8-9-10-11-12-13-14-15-16-17-18-22-21-23(25(27)28)19-20-24(22)26/h19-21,26H,2-18H2,1H3,(H,27,28). The summed E-state index contributed by atoms with van der Waals surface area (Å²) in [5, 5.41) is 18.9. The van der Waals surface area contributed by atoms with Crippen LogP contribution in [0.25, 0.3) is 0 Å². The summed E-state index contributed by atoms with van der Waals surface area (Å²) in [5.74, 6) is -0.723. The van der Waals surface area contributed by atoms with Crippen LogP contribution in [-0.2, 0) is 6.42 Å². The topological polar surface area (TPSA) is 57.5 Å². The molecule has 1 rings (SSSR count). The Morgan fingerprint density at radius 3 is 1.57 bits per heavy atom. The highest BCUT2D eigenvalue weighted by Gasteiger charge is 2.07. The number of phenols is 1. The molecule has 160 valence electrons. The van der Waals surface area contributed by atoms with E-state index in [1.165, 1.54) is 102 Å². The fraction of sp³-hybridized carbons (Fsp3) is 0.720. The summed E-state index contributed by atoms with van der Waals surface area (Å²) in [5.41, 5.74) is 1.01. The molecule has 0 unspecified atom stereocenters. The molecule has 1 aromatic carbocycles. The quantitative estimate of drug-likeness (QED) is 0.250. The molecular formula is C25H42O3. The van der Waals surface area contributed by atoms with Crippen LogP contribution in [0.4, 0.5) is 0 Å². The highest BCUT2D eigenvalue weighted by molar-refractivity contribution is 5.88. The van der Waals surface area contributed by atoms with Crippen molar-refractivity contribution in [2.24, 2.45) is 0 Å². The number of carboxylic acids is 1. The molecule has 0 saturated heterocycles. The molecule has 2 N–H and O–H groups in total. The first kappa shape index (κ1) is 24.5. The summed E-state index contributed by atoms with van der Waals surface area (Å²) in [6, 6.07) is 4.54. The SMILES string of the molecule is CCCCCCCCCCCCCCCCCCc1cc(C(=O)O)ccc1O. The second-order valence-electron chi connectivity index (χ2n) is 8.20. The van der Waals surface area contributed by atoms with Gasteiger partial charge in [-0.2, -0.15) is 0 Å². The highest BCUT2D eigenvalue weighted by Crippen LogP contribution is 2.21. The minimum Gasteiger partial charge on any atom is -0.508 e. The predicted octanol–water partition coefficient (Wildman–Crippen LogP) is 7.89. The number of carbonyl (C=O) groups is 1. The van der Waals surface area contributed by atoms with E-state index in [1.54, 1.807) is 6.07 Å². The monoisotopic (exact) mass is 390 g/mol. The number of aromatic hydroxyl groups is 1. The van der Waals surface area contributed by atoms with Crippen molar-refractivity contribution in [1.29, 1.82) is 0 Å². The van der Waals surface area contributed by atoms with E-state index in [2.05, 4.69) is 6.92 Å². The van der Waals surface area contributed by atoms with Crippen molar-refractivity contribution in [2.75, 3.05) is 0 Å². The molecule has 0 heterocycles. The first-order chi connectivity index (χ1) is 13.6. The van der Waals surface area contributed by atoms with E-state index >= 15 is 0 Å². The third-order valence-electron chi connectivity index (χ3n) is 5.63. The van der Waals surface area contributed by atoms with Crippen LogP contribution in [0.3, 0.4) is 0 Å². The van der Waals surface area contributed by atoms with Crippen molar-refractivity contribution in [1.82, 2.24) is 0 Å². The number of aryl methyl sites for hydroxylation is 1. The van der Waals surface area contributed by atoms with Crippen LogP contribution in [0.15, 0.2) is 18.2 Å². The van der Waals surface area contributed by atoms with Gasteiger partial charge in [-0.3, -0.25) is 0 Å². The molecule has 1 aromatic rings. The number of aromatic carboxylic acids is 1. The summed E-state index contributed by atoms with van der Waals surface area (Å²) in [6.45, 7) is 2.27. The number of phenolic OH excluding ortho intramolecular Hbond substituents is 1. The maximum atomic E-state index is 11.0. The van der Waals surface area contributed by atoms with Gasteiger partial charge in [0.15, 0.2) is 0 Å². The summed E-state index contributed by atoms with van der Waals surface area (Å²) in [4.78, 5) is 11.0. The third kappa shape index (κ3) is 12.0. The van der Waals surface area contributed by atoms with Crippen LogP contribution in [0, 0.1) is 0 Å². The normalized spacial score (nSPS) is 11.0. The van der Waals surface area contributed by atoms with Crippen molar-refractivity contribution in [3.63, 3.8) is 0 Å². The van der Waals surface area contributed by atoms with Crippen LogP contribution in [0.1, 0.15) is 126 Å². The van der Waals surface area contributed by atoms with Crippen LogP contribution < -0.4 is 0 Å². The van der Waals surface area contributed by atoms with E-state index in [1.807, 2.05) is 0 Å². The van der Waals surface area contributed by atoms with Crippen LogP contribution in [0.2, 0.25) is 0 Å². The fourth-order valence-electron chi connectivity index (χ4n) is 3.78. The number of benzene rings is 1. The smallest absolute Gasteiger partial charge is 0.335 e. The van der Waals surface area contributed by atoms with Gasteiger partial charge in [-0.1, -0.05) is 103 Å². The molecule has 0 fully saturated rings. The van der Waals surface area contributed by atoms with Crippen LogP contribution in [-0.4, -0.2) is 16.2 Å². The lowest BCUT2D eigenvalue weighted by Crippen LogP contribution is -1.98. The lowest BCUT2D eigenvalue weighted by atomic mass is 10.0. The van der Waals surface area contributed by atoms with E-state index in [9.17, 15) is 9.90 Å². The maximum absolute atomic E-state index is 11.0. The van der Waals surface area contributed by atoms with Gasteiger partial charge in [0.1, 0.15) is 5.75 Å². The van der Waals surface area contributed by atoms with Gasteiger partial charge in [-0.25, -0.2) is 4.79 Å². The van der Waals surface area contributed by atoms with E-state index in [4.69, 9.17) is 5.11 Å². The Morgan fingerprint density at radius 1 is 0.714 bits per heavy atom. The number of hydrogen-bond acceptors (Lipinski definition) is 2. The average Bonchev–Trinajstić information content (AvgIpc) is 2.68. The maximum Gasteiger partial charge on any atom is 0.335 e. The number of rotatable bonds is 18. The average molecular weight is 391 g/mol. The van der Waals surface area contributed by atoms with Gasteiger partial charge in [0.05, 0.1) is 5.56 Å². The molecule has 3 nitrogen and oxygen atoms in total. The zero-order chi connectivity index (χ0) is 20.5. The number of unbranched alkanes of at least 4 members (excludes halogenated alkanes) is 15. The second-order valence-corrected chi connectivity index (χ2v) is 8.20. The van der Waals surface area contributed by atoms with E-state index in [-0.39, 0.29) is 11.3 Å². The van der Waals surface area contributed by atoms with Gasteiger partial charge in [0.25, 0.3) is 0 Å². The Kier molecular flexibility index (Phi) is 14.4. The van der Waals surface area contributed by atoms with Gasteiger partial charge in [-0.05, 0) is 36.6 Å². The van der Waals surface area contributed by atoms with Crippen molar-refractivity contribution in [3.05, 3.63) is 29.3 Å². The highest BCUT2D eigenvalue weighted by atomic mass is 16.4. The Bertz CT molecular complexity index is 525. The van der Waals surface area contributed by atoms with Gasteiger partial charge in [0.2, 0.25) is 0 Å². The van der Waals surface area contributed by atoms with Crippen molar-refractivity contribution in [2.45, 2.75) is 116 Å². The molecule has 28 heavy (non-hydrogen) atoms. The summed E-state index contributed by atoms with van der Waals surface area (Å²) < 4.78 is 0. The van der Waals surface area contributed by atoms with Crippen LogP contribution >= 0.6 is 0 Å². The molecule has 0 amide bonds. The van der Waals surface area contributed by atoms with E-state index < -0.39 is 5.97 Å². The number of hydrogen-bond donors (Lipinski definition) is 2. The molecule has 0 aliphatic rings. The minimum atomic E-state index is -0.937. The fourth-order valence-corrected chi connectivity index (χ4v) is 3.78. The molecule has 0 saturated carbocycles. The molecule has 0 atom stereocenters. The van der Waals surface area contributed by atoms with Crippen molar-refractivity contribution in [3.8, 4) is 5.75 Å². The Balaban J connectivity index is 1.90. The molecular weight excluding hydrogens is 348 g/mol. The second kappa shape index (κ2) is 16.4. The summed E-state index contributed by atoms with van der Waals surface area (Å²) in [6.07, 6.45) is 22.2. The van der Waals surface area contributed by atoms with Gasteiger partial charge >= 0.3 is 5.97 Å². The molecule has 0 bridgehead atoms. The van der Waals surface area contributed by atoms with Crippen molar-refractivity contribution >= 4 is 5.97 Å². The first-order valence-electron chi connectivity index (χ1n) is 11.7. The van der Waals surface area contributed by atoms with Crippen LogP contribution in [0.5, 0.6) is 5.75 Å². The Hall–Kier alpha value is -1.51. The zero-order valence-electron chi connectivity index (χ0n) is 18.1. The Morgan fingerprint density at radius 2 is 1.14 bits per heavy atom. The number of carboxylic acid groups (broad SMARTS) is 1. The molecule has 0 aliphatic carbocycles.